The number of likely N-dealkylation sites (tertiary alicyclic amines) is 2. The van der Waals surface area contributed by atoms with Gasteiger partial charge in [-0.2, -0.15) is 0 Å². The van der Waals surface area contributed by atoms with Crippen LogP contribution in [0.2, 0.25) is 0 Å². The van der Waals surface area contributed by atoms with E-state index in [2.05, 4.69) is 0 Å². The van der Waals surface area contributed by atoms with E-state index in [1.54, 1.807) is 16.7 Å². The summed E-state index contributed by atoms with van der Waals surface area (Å²) >= 11 is 0. The molecule has 1 spiro atoms. The third kappa shape index (κ3) is 0.843. The Bertz CT molecular complexity index is 357. The van der Waals surface area contributed by atoms with Gasteiger partial charge in [-0.1, -0.05) is 0 Å². The van der Waals surface area contributed by atoms with Crippen LogP contribution in [0, 0.1) is 5.41 Å². The number of rotatable bonds is 0. The van der Waals surface area contributed by atoms with Gasteiger partial charge in [0, 0.05) is 31.5 Å². The Kier molecular flexibility index (Phi) is 1.47. The zero-order valence-electron chi connectivity index (χ0n) is 8.64. The van der Waals surface area contributed by atoms with E-state index < -0.39 is 6.09 Å². The smallest absolute Gasteiger partial charge is 0.407 e. The molecule has 3 atom stereocenters. The first-order valence-electron chi connectivity index (χ1n) is 5.33. The summed E-state index contributed by atoms with van der Waals surface area (Å²) in [6.45, 7) is 2.92. The highest BCUT2D eigenvalue weighted by Gasteiger charge is 2.71. The van der Waals surface area contributed by atoms with Gasteiger partial charge in [0.1, 0.15) is 0 Å². The summed E-state index contributed by atoms with van der Waals surface area (Å²) in [4.78, 5) is 25.6. The first kappa shape index (κ1) is 9.00. The second-order valence-corrected chi connectivity index (χ2v) is 4.89. The standard InChI is InChI=1S/C10H14N2O3/c1-6(13)11-4-8-10(5-11)3-2-7(10)12(8)9(14)15/h7-8H,2-5H2,1H3,(H,14,15)/t7?,8?,10-/m1/s1. The first-order valence-corrected chi connectivity index (χ1v) is 5.33. The molecule has 5 heteroatoms. The summed E-state index contributed by atoms with van der Waals surface area (Å²) in [6.07, 6.45) is 1.22. The average molecular weight is 210 g/mol. The molecule has 2 heterocycles. The predicted molar refractivity (Wildman–Crippen MR) is 51.4 cm³/mol. The van der Waals surface area contributed by atoms with E-state index in [0.29, 0.717) is 6.54 Å². The fraction of sp³-hybridized carbons (Fsp3) is 0.800. The minimum atomic E-state index is -0.828. The Morgan fingerprint density at radius 1 is 1.40 bits per heavy atom. The Balaban J connectivity index is 1.84. The van der Waals surface area contributed by atoms with E-state index in [-0.39, 0.29) is 23.4 Å². The van der Waals surface area contributed by atoms with E-state index in [1.165, 1.54) is 0 Å². The summed E-state index contributed by atoms with van der Waals surface area (Å²) in [5.41, 5.74) is 0.129. The molecule has 2 amide bonds. The highest BCUT2D eigenvalue weighted by Crippen LogP contribution is 2.61. The molecule has 3 fully saturated rings. The van der Waals surface area contributed by atoms with Crippen LogP contribution in [0.3, 0.4) is 0 Å². The second-order valence-electron chi connectivity index (χ2n) is 4.89. The van der Waals surface area contributed by atoms with Gasteiger partial charge in [-0.15, -0.1) is 0 Å². The molecular weight excluding hydrogens is 196 g/mol. The van der Waals surface area contributed by atoms with Gasteiger partial charge in [0.2, 0.25) is 5.91 Å². The van der Waals surface area contributed by atoms with Crippen molar-refractivity contribution in [3.05, 3.63) is 0 Å². The Hall–Kier alpha value is -1.26. The molecule has 3 aliphatic rings. The van der Waals surface area contributed by atoms with Crippen molar-refractivity contribution in [3.63, 3.8) is 0 Å². The molecule has 0 aromatic heterocycles. The average Bonchev–Trinajstić information content (AvgIpc) is 2.50. The fourth-order valence-corrected chi connectivity index (χ4v) is 3.56. The molecule has 5 nitrogen and oxygen atoms in total. The van der Waals surface area contributed by atoms with Crippen molar-refractivity contribution >= 4 is 12.0 Å². The second kappa shape index (κ2) is 2.46. The Morgan fingerprint density at radius 3 is 2.60 bits per heavy atom. The monoisotopic (exact) mass is 210 g/mol. The van der Waals surface area contributed by atoms with Crippen molar-refractivity contribution in [1.82, 2.24) is 9.80 Å². The van der Waals surface area contributed by atoms with Crippen LogP contribution < -0.4 is 0 Å². The van der Waals surface area contributed by atoms with Gasteiger partial charge < -0.3 is 10.0 Å². The van der Waals surface area contributed by atoms with Gasteiger partial charge in [0.05, 0.1) is 6.04 Å². The molecular formula is C10H14N2O3. The van der Waals surface area contributed by atoms with Crippen molar-refractivity contribution < 1.29 is 14.7 Å². The number of amides is 2. The molecule has 15 heavy (non-hydrogen) atoms. The van der Waals surface area contributed by atoms with E-state index in [4.69, 9.17) is 5.11 Å². The van der Waals surface area contributed by atoms with Crippen LogP contribution in [0.5, 0.6) is 0 Å². The summed E-state index contributed by atoms with van der Waals surface area (Å²) < 4.78 is 0. The van der Waals surface area contributed by atoms with Crippen molar-refractivity contribution in [2.24, 2.45) is 5.41 Å². The maximum absolute atomic E-state index is 11.3. The molecule has 0 radical (unpaired) electrons. The molecule has 3 rings (SSSR count). The molecule has 0 aromatic rings. The van der Waals surface area contributed by atoms with Crippen LogP contribution in [0.25, 0.3) is 0 Å². The molecule has 0 bridgehead atoms. The minimum Gasteiger partial charge on any atom is -0.465 e. The van der Waals surface area contributed by atoms with Crippen molar-refractivity contribution in [3.8, 4) is 0 Å². The molecule has 1 saturated carbocycles. The van der Waals surface area contributed by atoms with Gasteiger partial charge in [-0.05, 0) is 12.8 Å². The number of carbonyl (C=O) groups is 2. The lowest BCUT2D eigenvalue weighted by Crippen LogP contribution is -2.77. The summed E-state index contributed by atoms with van der Waals surface area (Å²) in [5.74, 6) is 0.0646. The summed E-state index contributed by atoms with van der Waals surface area (Å²) in [5, 5.41) is 9.05. The highest BCUT2D eigenvalue weighted by atomic mass is 16.4. The Morgan fingerprint density at radius 2 is 2.13 bits per heavy atom. The summed E-state index contributed by atoms with van der Waals surface area (Å²) in [7, 11) is 0. The fourth-order valence-electron chi connectivity index (χ4n) is 3.56. The van der Waals surface area contributed by atoms with Gasteiger partial charge in [0.15, 0.2) is 0 Å². The van der Waals surface area contributed by atoms with Crippen LogP contribution in [-0.4, -0.2) is 52.1 Å². The Labute approximate surface area is 87.6 Å². The number of carboxylic acid groups (broad SMARTS) is 1. The maximum Gasteiger partial charge on any atom is 0.407 e. The quantitative estimate of drug-likeness (QED) is 0.628. The minimum absolute atomic E-state index is 0.0646. The van der Waals surface area contributed by atoms with Crippen molar-refractivity contribution in [1.29, 1.82) is 0 Å². The zero-order chi connectivity index (χ0) is 10.8. The topological polar surface area (TPSA) is 60.9 Å². The van der Waals surface area contributed by atoms with E-state index in [1.807, 2.05) is 0 Å². The van der Waals surface area contributed by atoms with Crippen LogP contribution in [0.4, 0.5) is 4.79 Å². The van der Waals surface area contributed by atoms with Crippen molar-refractivity contribution in [2.75, 3.05) is 13.1 Å². The molecule has 1 N–H and O–H groups in total. The van der Waals surface area contributed by atoms with Gasteiger partial charge in [-0.25, -0.2) is 4.79 Å². The lowest BCUT2D eigenvalue weighted by atomic mass is 9.54. The predicted octanol–water partition coefficient (Wildman–Crippen LogP) is 0.359. The van der Waals surface area contributed by atoms with Gasteiger partial charge in [0.25, 0.3) is 0 Å². The SMILES string of the molecule is CC(=O)N1CC2N(C(=O)O)C3CC[C@@]32C1. The number of nitrogens with zero attached hydrogens (tertiary/aromatic N) is 2. The third-order valence-electron chi connectivity index (χ3n) is 4.43. The highest BCUT2D eigenvalue weighted by molar-refractivity contribution is 5.75. The molecule has 82 valence electrons. The zero-order valence-corrected chi connectivity index (χ0v) is 8.64. The van der Waals surface area contributed by atoms with Crippen molar-refractivity contribution in [2.45, 2.75) is 31.8 Å². The third-order valence-corrected chi connectivity index (χ3v) is 4.43. The number of hydrogen-bond acceptors (Lipinski definition) is 2. The number of hydrogen-bond donors (Lipinski definition) is 1. The largest absolute Gasteiger partial charge is 0.465 e. The van der Waals surface area contributed by atoms with Crippen LogP contribution in [-0.2, 0) is 4.79 Å². The molecule has 2 unspecified atom stereocenters. The van der Waals surface area contributed by atoms with E-state index in [9.17, 15) is 9.59 Å². The van der Waals surface area contributed by atoms with Gasteiger partial charge >= 0.3 is 6.09 Å². The lowest BCUT2D eigenvalue weighted by Gasteiger charge is -2.66. The number of piperidine rings is 1. The first-order chi connectivity index (χ1) is 7.06. The molecule has 2 aliphatic heterocycles. The molecule has 1 aliphatic carbocycles. The van der Waals surface area contributed by atoms with Gasteiger partial charge in [-0.3, -0.25) is 9.69 Å². The summed E-state index contributed by atoms with van der Waals surface area (Å²) in [6, 6.07) is 0.252. The number of carbonyl (C=O) groups excluding carboxylic acids is 1. The van der Waals surface area contributed by atoms with Crippen LogP contribution in [0.1, 0.15) is 19.8 Å². The van der Waals surface area contributed by atoms with E-state index >= 15 is 0 Å². The molecule has 0 aromatic carbocycles. The van der Waals surface area contributed by atoms with E-state index in [0.717, 1.165) is 19.4 Å². The van der Waals surface area contributed by atoms with Crippen LogP contribution >= 0.6 is 0 Å². The maximum atomic E-state index is 11.3. The van der Waals surface area contributed by atoms with Crippen LogP contribution in [0.15, 0.2) is 0 Å². The normalized spacial score (nSPS) is 41.4. The molecule has 2 saturated heterocycles. The lowest BCUT2D eigenvalue weighted by molar-refractivity contribution is -0.155.